The summed E-state index contributed by atoms with van der Waals surface area (Å²) in [4.78, 5) is 24.1. The second kappa shape index (κ2) is 5.96. The molecule has 0 saturated carbocycles. The fourth-order valence-corrected chi connectivity index (χ4v) is 1.67. The normalized spacial score (nSPS) is 9.95. The lowest BCUT2D eigenvalue weighted by Gasteiger charge is -2.17. The van der Waals surface area contributed by atoms with Crippen molar-refractivity contribution in [2.24, 2.45) is 0 Å². The van der Waals surface area contributed by atoms with E-state index in [1.807, 2.05) is 0 Å². The van der Waals surface area contributed by atoms with Gasteiger partial charge in [-0.1, -0.05) is 18.2 Å². The van der Waals surface area contributed by atoms with E-state index in [0.29, 0.717) is 11.4 Å². The summed E-state index contributed by atoms with van der Waals surface area (Å²) >= 11 is 0. The van der Waals surface area contributed by atoms with E-state index in [2.05, 4.69) is 0 Å². The van der Waals surface area contributed by atoms with Gasteiger partial charge in [0.1, 0.15) is 17.1 Å². The van der Waals surface area contributed by atoms with Crippen molar-refractivity contribution in [3.63, 3.8) is 0 Å². The van der Waals surface area contributed by atoms with Crippen LogP contribution in [0.3, 0.4) is 0 Å². The summed E-state index contributed by atoms with van der Waals surface area (Å²) in [6, 6.07) is 12.3. The maximum atomic E-state index is 12.0. The maximum absolute atomic E-state index is 12.0. The standard InChI is InChI=1S/C15H13NO5/c1-16(15(20)21-11-5-3-2-4-6-11)10-7-8-13(17)12(9-10)14(18)19/h2-9,17H,1H3,(H,18,19). The summed E-state index contributed by atoms with van der Waals surface area (Å²) in [5.74, 6) is -1.26. The van der Waals surface area contributed by atoms with Crippen LogP contribution in [0.4, 0.5) is 10.5 Å². The Morgan fingerprint density at radius 2 is 1.76 bits per heavy atom. The molecule has 2 N–H and O–H groups in total. The zero-order valence-electron chi connectivity index (χ0n) is 11.2. The number of carboxylic acid groups (broad SMARTS) is 1. The third-order valence-corrected chi connectivity index (χ3v) is 2.82. The quantitative estimate of drug-likeness (QED) is 0.906. The van der Waals surface area contributed by atoms with Gasteiger partial charge >= 0.3 is 12.1 Å². The minimum Gasteiger partial charge on any atom is -0.507 e. The van der Waals surface area contributed by atoms with Crippen molar-refractivity contribution in [3.05, 3.63) is 54.1 Å². The molecule has 2 rings (SSSR count). The molecule has 2 aromatic carbocycles. The van der Waals surface area contributed by atoms with E-state index in [1.54, 1.807) is 30.3 Å². The van der Waals surface area contributed by atoms with Gasteiger partial charge < -0.3 is 14.9 Å². The number of carbonyl (C=O) groups excluding carboxylic acids is 1. The van der Waals surface area contributed by atoms with Crippen LogP contribution in [0.1, 0.15) is 10.4 Å². The van der Waals surface area contributed by atoms with Gasteiger partial charge in [0.05, 0.1) is 0 Å². The van der Waals surface area contributed by atoms with Gasteiger partial charge in [0.15, 0.2) is 0 Å². The number of hydrogen-bond acceptors (Lipinski definition) is 4. The number of para-hydroxylation sites is 1. The van der Waals surface area contributed by atoms with Crippen LogP contribution >= 0.6 is 0 Å². The monoisotopic (exact) mass is 287 g/mol. The third-order valence-electron chi connectivity index (χ3n) is 2.82. The van der Waals surface area contributed by atoms with Crippen molar-refractivity contribution in [2.45, 2.75) is 0 Å². The lowest BCUT2D eigenvalue weighted by molar-refractivity contribution is 0.0693. The molecule has 0 heterocycles. The molecular weight excluding hydrogens is 274 g/mol. The van der Waals surface area contributed by atoms with E-state index in [9.17, 15) is 14.7 Å². The highest BCUT2D eigenvalue weighted by Gasteiger charge is 2.17. The minimum absolute atomic E-state index is 0.285. The maximum Gasteiger partial charge on any atom is 0.419 e. The van der Waals surface area contributed by atoms with Crippen molar-refractivity contribution in [3.8, 4) is 11.5 Å². The van der Waals surface area contributed by atoms with Crippen LogP contribution in [0.2, 0.25) is 0 Å². The van der Waals surface area contributed by atoms with Gasteiger partial charge in [0, 0.05) is 12.7 Å². The minimum atomic E-state index is -1.28. The predicted molar refractivity (Wildman–Crippen MR) is 75.9 cm³/mol. The van der Waals surface area contributed by atoms with Crippen molar-refractivity contribution in [1.82, 2.24) is 0 Å². The SMILES string of the molecule is CN(C(=O)Oc1ccccc1)c1ccc(O)c(C(=O)O)c1. The number of hydrogen-bond donors (Lipinski definition) is 2. The molecule has 0 aliphatic rings. The molecule has 0 saturated heterocycles. The van der Waals surface area contributed by atoms with Crippen LogP contribution in [-0.4, -0.2) is 29.3 Å². The van der Waals surface area contributed by atoms with Gasteiger partial charge in [-0.25, -0.2) is 9.59 Å². The first-order valence-corrected chi connectivity index (χ1v) is 6.06. The van der Waals surface area contributed by atoms with Crippen molar-refractivity contribution in [1.29, 1.82) is 0 Å². The number of ether oxygens (including phenoxy) is 1. The summed E-state index contributed by atoms with van der Waals surface area (Å²) in [6.07, 6.45) is -0.664. The number of anilines is 1. The lowest BCUT2D eigenvalue weighted by Crippen LogP contribution is -2.29. The molecular formula is C15H13NO5. The average Bonchev–Trinajstić information content (AvgIpc) is 2.47. The van der Waals surface area contributed by atoms with Gasteiger partial charge in [-0.05, 0) is 30.3 Å². The van der Waals surface area contributed by atoms with E-state index < -0.39 is 12.1 Å². The number of aromatic carboxylic acids is 1. The van der Waals surface area contributed by atoms with E-state index in [-0.39, 0.29) is 11.3 Å². The van der Waals surface area contributed by atoms with Crippen molar-refractivity contribution >= 4 is 17.7 Å². The molecule has 0 bridgehead atoms. The molecule has 6 nitrogen and oxygen atoms in total. The van der Waals surface area contributed by atoms with E-state index >= 15 is 0 Å². The molecule has 6 heteroatoms. The molecule has 0 aromatic heterocycles. The topological polar surface area (TPSA) is 87.1 Å². The third kappa shape index (κ3) is 3.30. The number of nitrogens with zero attached hydrogens (tertiary/aromatic N) is 1. The van der Waals surface area contributed by atoms with Crippen molar-refractivity contribution < 1.29 is 24.5 Å². The molecule has 0 fully saturated rings. The Morgan fingerprint density at radius 1 is 1.10 bits per heavy atom. The fraction of sp³-hybridized carbons (Fsp3) is 0.0667. The summed E-state index contributed by atoms with van der Waals surface area (Å²) in [6.45, 7) is 0. The second-order valence-corrected chi connectivity index (χ2v) is 4.25. The zero-order chi connectivity index (χ0) is 15.4. The first-order valence-electron chi connectivity index (χ1n) is 6.06. The van der Waals surface area contributed by atoms with E-state index in [4.69, 9.17) is 9.84 Å². The van der Waals surface area contributed by atoms with Crippen LogP contribution in [0.5, 0.6) is 11.5 Å². The number of phenols is 1. The number of carbonyl (C=O) groups is 2. The number of amides is 1. The second-order valence-electron chi connectivity index (χ2n) is 4.25. The average molecular weight is 287 g/mol. The molecule has 0 unspecified atom stereocenters. The molecule has 0 aliphatic carbocycles. The van der Waals surface area contributed by atoms with Gasteiger partial charge in [0.2, 0.25) is 0 Å². The number of benzene rings is 2. The molecule has 2 aromatic rings. The molecule has 0 radical (unpaired) electrons. The summed E-state index contributed by atoms with van der Waals surface area (Å²) < 4.78 is 5.14. The molecule has 108 valence electrons. The first kappa shape index (κ1) is 14.4. The Hall–Kier alpha value is -3.02. The lowest BCUT2D eigenvalue weighted by atomic mass is 10.1. The predicted octanol–water partition coefficient (Wildman–Crippen LogP) is 2.73. The summed E-state index contributed by atoms with van der Waals surface area (Å²) in [5, 5.41) is 18.4. The van der Waals surface area contributed by atoms with Crippen LogP contribution in [0.25, 0.3) is 0 Å². The van der Waals surface area contributed by atoms with E-state index in [0.717, 1.165) is 4.90 Å². The number of aromatic hydroxyl groups is 1. The van der Waals surface area contributed by atoms with Crippen LogP contribution < -0.4 is 9.64 Å². The van der Waals surface area contributed by atoms with Gasteiger partial charge in [0.25, 0.3) is 0 Å². The van der Waals surface area contributed by atoms with Gasteiger partial charge in [-0.15, -0.1) is 0 Å². The van der Waals surface area contributed by atoms with Gasteiger partial charge in [-0.3, -0.25) is 4.90 Å². The zero-order valence-corrected chi connectivity index (χ0v) is 11.2. The first-order chi connectivity index (χ1) is 9.99. The smallest absolute Gasteiger partial charge is 0.419 e. The van der Waals surface area contributed by atoms with Crippen LogP contribution in [0, 0.1) is 0 Å². The Bertz CT molecular complexity index is 669. The van der Waals surface area contributed by atoms with Crippen molar-refractivity contribution in [2.75, 3.05) is 11.9 Å². The molecule has 0 spiro atoms. The highest BCUT2D eigenvalue weighted by molar-refractivity contribution is 5.95. The molecule has 1 amide bonds. The molecule has 0 aliphatic heterocycles. The van der Waals surface area contributed by atoms with Crippen LogP contribution in [0.15, 0.2) is 48.5 Å². The molecule has 21 heavy (non-hydrogen) atoms. The van der Waals surface area contributed by atoms with E-state index in [1.165, 1.54) is 25.2 Å². The summed E-state index contributed by atoms with van der Waals surface area (Å²) in [5.41, 5.74) is 0.0120. The highest BCUT2D eigenvalue weighted by atomic mass is 16.6. The molecule has 0 atom stereocenters. The number of carboxylic acids is 1. The Balaban J connectivity index is 2.19. The summed E-state index contributed by atoms with van der Waals surface area (Å²) in [7, 11) is 1.45. The Kier molecular flexibility index (Phi) is 4.08. The number of rotatable bonds is 3. The van der Waals surface area contributed by atoms with Gasteiger partial charge in [-0.2, -0.15) is 0 Å². The fourth-order valence-electron chi connectivity index (χ4n) is 1.67. The largest absolute Gasteiger partial charge is 0.507 e. The Morgan fingerprint density at radius 3 is 2.38 bits per heavy atom. The Labute approximate surface area is 120 Å². The highest BCUT2D eigenvalue weighted by Crippen LogP contribution is 2.24. The van der Waals surface area contributed by atoms with Crippen LogP contribution in [-0.2, 0) is 0 Å².